The Morgan fingerprint density at radius 3 is 1.29 bits per heavy atom. The fraction of sp³-hybridized carbons (Fsp3) is 0.850. The highest BCUT2D eigenvalue weighted by Crippen LogP contribution is 2.13. The quantitative estimate of drug-likeness (QED) is 0.0295. The molecule has 0 bridgehead atoms. The Bertz CT molecular complexity index is 726. The maximum atomic E-state index is 11.9. The van der Waals surface area contributed by atoms with Gasteiger partial charge in [-0.05, 0) is 77.0 Å². The Morgan fingerprint density at radius 2 is 0.896 bits per heavy atom. The van der Waals surface area contributed by atoms with Crippen molar-refractivity contribution in [3.63, 3.8) is 0 Å². The second-order valence-electron chi connectivity index (χ2n) is 13.6. The topological polar surface area (TPSA) is 145 Å². The summed E-state index contributed by atoms with van der Waals surface area (Å²) in [4.78, 5) is 23.9. The van der Waals surface area contributed by atoms with E-state index in [4.69, 9.17) is 20.9 Å². The molecule has 0 radical (unpaired) electrons. The van der Waals surface area contributed by atoms with Crippen LogP contribution in [0.3, 0.4) is 0 Å². The molecule has 0 heterocycles. The van der Waals surface area contributed by atoms with Crippen molar-refractivity contribution in [1.82, 2.24) is 0 Å². The van der Waals surface area contributed by atoms with Gasteiger partial charge in [-0.3, -0.25) is 9.59 Å². The van der Waals surface area contributed by atoms with Crippen molar-refractivity contribution < 1.29 is 29.3 Å². The lowest BCUT2D eigenvalue weighted by atomic mass is 10.0. The van der Waals surface area contributed by atoms with Crippen molar-refractivity contribution in [3.05, 3.63) is 24.3 Å². The van der Waals surface area contributed by atoms with E-state index in [9.17, 15) is 19.8 Å². The number of ether oxygens (including phenoxy) is 2. The monoisotopic (exact) mass is 681 g/mol. The molecule has 0 saturated carbocycles. The summed E-state index contributed by atoms with van der Waals surface area (Å²) in [6.45, 7) is 5.09. The van der Waals surface area contributed by atoms with E-state index in [1.165, 1.54) is 25.7 Å². The molecule has 6 N–H and O–H groups in total. The molecule has 4 unspecified atom stereocenters. The van der Waals surface area contributed by atoms with Gasteiger partial charge in [-0.15, -0.1) is 0 Å². The first-order valence-corrected chi connectivity index (χ1v) is 19.8. The van der Waals surface area contributed by atoms with Crippen molar-refractivity contribution in [2.45, 2.75) is 205 Å². The minimum absolute atomic E-state index is 0.127. The van der Waals surface area contributed by atoms with E-state index >= 15 is 0 Å². The SMILES string of the molecule is CCCCCC(N)C(O)C/C=C/CCCCCCCC(=O)OCCCCOC(=O)CCCCCCC/C=C/CC(O)C(N)CCCCC. The van der Waals surface area contributed by atoms with Crippen LogP contribution in [0, 0.1) is 0 Å². The van der Waals surface area contributed by atoms with Crippen molar-refractivity contribution in [2.75, 3.05) is 13.2 Å². The van der Waals surface area contributed by atoms with E-state index in [1.807, 2.05) is 0 Å². The van der Waals surface area contributed by atoms with E-state index < -0.39 is 12.2 Å². The molecule has 282 valence electrons. The van der Waals surface area contributed by atoms with Crippen molar-refractivity contribution in [1.29, 1.82) is 0 Å². The zero-order chi connectivity index (χ0) is 35.5. The van der Waals surface area contributed by atoms with Crippen LogP contribution in [-0.2, 0) is 19.1 Å². The number of esters is 2. The molecule has 0 aliphatic carbocycles. The van der Waals surface area contributed by atoms with Crippen molar-refractivity contribution >= 4 is 11.9 Å². The Hall–Kier alpha value is -1.74. The highest BCUT2D eigenvalue weighted by Gasteiger charge is 2.13. The van der Waals surface area contributed by atoms with Crippen LogP contribution in [0.5, 0.6) is 0 Å². The summed E-state index contributed by atoms with van der Waals surface area (Å²) < 4.78 is 10.6. The van der Waals surface area contributed by atoms with Crippen LogP contribution in [-0.4, -0.2) is 59.7 Å². The van der Waals surface area contributed by atoms with Gasteiger partial charge in [0.2, 0.25) is 0 Å². The smallest absolute Gasteiger partial charge is 0.305 e. The molecular formula is C40H76N2O6. The summed E-state index contributed by atoms with van der Waals surface area (Å²) in [5.41, 5.74) is 12.1. The minimum atomic E-state index is -0.449. The predicted octanol–water partition coefficient (Wildman–Crippen LogP) is 8.74. The van der Waals surface area contributed by atoms with Crippen LogP contribution in [0.2, 0.25) is 0 Å². The molecule has 8 heteroatoms. The van der Waals surface area contributed by atoms with Crippen LogP contribution in [0.15, 0.2) is 24.3 Å². The van der Waals surface area contributed by atoms with Crippen LogP contribution in [0.25, 0.3) is 0 Å². The first-order valence-electron chi connectivity index (χ1n) is 19.8. The highest BCUT2D eigenvalue weighted by molar-refractivity contribution is 5.69. The van der Waals surface area contributed by atoms with Gasteiger partial charge in [-0.25, -0.2) is 0 Å². The first-order chi connectivity index (χ1) is 23.3. The molecule has 0 saturated heterocycles. The number of carbonyl (C=O) groups is 2. The highest BCUT2D eigenvalue weighted by atomic mass is 16.5. The van der Waals surface area contributed by atoms with E-state index in [1.54, 1.807) is 0 Å². The standard InChI is InChI=1S/C40H76N2O6/c1-3-5-19-27-35(41)37(43)29-21-15-11-7-9-13-17-23-31-39(45)47-33-25-26-34-48-40(46)32-24-18-14-10-8-12-16-22-30-38(44)36(42)28-20-6-4-2/h15-16,21-22,35-38,43-44H,3-14,17-20,23-34,41-42H2,1-2H3/b21-15+,22-16+. The lowest BCUT2D eigenvalue weighted by Gasteiger charge is -2.17. The third-order valence-electron chi connectivity index (χ3n) is 8.93. The molecule has 0 rings (SSSR count). The average molecular weight is 681 g/mol. The number of nitrogens with two attached hydrogens (primary N) is 2. The molecule has 4 atom stereocenters. The van der Waals surface area contributed by atoms with Gasteiger partial charge in [-0.2, -0.15) is 0 Å². The van der Waals surface area contributed by atoms with E-state index in [-0.39, 0.29) is 24.0 Å². The number of aliphatic hydroxyl groups excluding tert-OH is 2. The maximum Gasteiger partial charge on any atom is 0.305 e. The summed E-state index contributed by atoms with van der Waals surface area (Å²) in [6, 6.07) is -0.255. The largest absolute Gasteiger partial charge is 0.466 e. The number of allylic oxidation sites excluding steroid dienone is 2. The van der Waals surface area contributed by atoms with Crippen molar-refractivity contribution in [3.8, 4) is 0 Å². The van der Waals surface area contributed by atoms with Crippen LogP contribution in [0.1, 0.15) is 181 Å². The average Bonchev–Trinajstić information content (AvgIpc) is 3.07. The molecule has 0 aliphatic heterocycles. The number of rotatable bonds is 35. The Morgan fingerprint density at radius 1 is 0.521 bits per heavy atom. The Balaban J connectivity index is 3.49. The fourth-order valence-corrected chi connectivity index (χ4v) is 5.55. The van der Waals surface area contributed by atoms with Crippen molar-refractivity contribution in [2.24, 2.45) is 11.5 Å². The molecule has 0 spiro atoms. The normalized spacial score (nSPS) is 14.4. The van der Waals surface area contributed by atoms with Gasteiger partial charge < -0.3 is 31.2 Å². The molecule has 48 heavy (non-hydrogen) atoms. The summed E-state index contributed by atoms with van der Waals surface area (Å²) in [6.07, 6.45) is 32.2. The van der Waals surface area contributed by atoms with Crippen LogP contribution >= 0.6 is 0 Å². The van der Waals surface area contributed by atoms with Crippen LogP contribution in [0.4, 0.5) is 0 Å². The lowest BCUT2D eigenvalue weighted by molar-refractivity contribution is -0.146. The Kier molecular flexibility index (Phi) is 33.8. The lowest BCUT2D eigenvalue weighted by Crippen LogP contribution is -2.34. The third kappa shape index (κ3) is 31.5. The summed E-state index contributed by atoms with van der Waals surface area (Å²) in [5.74, 6) is -0.289. The van der Waals surface area contributed by atoms with E-state index in [2.05, 4.69) is 38.2 Å². The molecule has 0 aromatic carbocycles. The van der Waals surface area contributed by atoms with Gasteiger partial charge in [-0.1, -0.05) is 115 Å². The molecular weight excluding hydrogens is 604 g/mol. The first kappa shape index (κ1) is 46.3. The van der Waals surface area contributed by atoms with Gasteiger partial charge >= 0.3 is 11.9 Å². The number of carbonyl (C=O) groups excluding carboxylic acids is 2. The maximum absolute atomic E-state index is 11.9. The van der Waals surface area contributed by atoms with E-state index in [0.29, 0.717) is 51.7 Å². The van der Waals surface area contributed by atoms with Gasteiger partial charge in [0.15, 0.2) is 0 Å². The van der Waals surface area contributed by atoms with Gasteiger partial charge in [0, 0.05) is 24.9 Å². The van der Waals surface area contributed by atoms with E-state index in [0.717, 1.165) is 103 Å². The number of hydrogen-bond acceptors (Lipinski definition) is 8. The number of aliphatic hydroxyl groups is 2. The fourth-order valence-electron chi connectivity index (χ4n) is 5.55. The molecule has 0 amide bonds. The zero-order valence-corrected chi connectivity index (χ0v) is 31.1. The third-order valence-corrected chi connectivity index (χ3v) is 8.93. The van der Waals surface area contributed by atoms with Crippen LogP contribution < -0.4 is 11.5 Å². The van der Waals surface area contributed by atoms with Gasteiger partial charge in [0.05, 0.1) is 25.4 Å². The minimum Gasteiger partial charge on any atom is -0.466 e. The predicted molar refractivity (Wildman–Crippen MR) is 200 cm³/mol. The molecule has 0 fully saturated rings. The summed E-state index contributed by atoms with van der Waals surface area (Å²) >= 11 is 0. The second-order valence-corrected chi connectivity index (χ2v) is 13.6. The number of unbranched alkanes of at least 4 members (excludes halogenated alkanes) is 15. The van der Waals surface area contributed by atoms with Gasteiger partial charge in [0.1, 0.15) is 0 Å². The Labute approximate surface area is 294 Å². The summed E-state index contributed by atoms with van der Waals surface area (Å²) in [7, 11) is 0. The summed E-state index contributed by atoms with van der Waals surface area (Å²) in [5, 5.41) is 20.3. The molecule has 0 aliphatic rings. The molecule has 0 aromatic rings. The molecule has 8 nitrogen and oxygen atoms in total. The zero-order valence-electron chi connectivity index (χ0n) is 31.1. The van der Waals surface area contributed by atoms with Gasteiger partial charge in [0.25, 0.3) is 0 Å². The molecule has 0 aromatic heterocycles. The second kappa shape index (κ2) is 35.1. The number of hydrogen-bond donors (Lipinski definition) is 4.